The second-order valence-corrected chi connectivity index (χ2v) is 7.63. The van der Waals surface area contributed by atoms with Crippen LogP contribution in [-0.2, 0) is 19.2 Å². The third-order valence-electron chi connectivity index (χ3n) is 4.82. The van der Waals surface area contributed by atoms with Crippen molar-refractivity contribution < 1.29 is 17.3 Å². The first-order valence-electron chi connectivity index (χ1n) is 7.87. The molecule has 122 valence electrons. The fourth-order valence-electron chi connectivity index (χ4n) is 3.89. The minimum absolute atomic E-state index is 0.0170. The van der Waals surface area contributed by atoms with Gasteiger partial charge in [-0.25, -0.2) is 5.14 Å². The van der Waals surface area contributed by atoms with Crippen LogP contribution in [0.15, 0.2) is 30.3 Å². The normalized spacial score (nSPS) is 27.5. The average molecular weight is 325 g/mol. The van der Waals surface area contributed by atoms with Gasteiger partial charge >= 0.3 is 10.3 Å². The van der Waals surface area contributed by atoms with E-state index in [2.05, 4.69) is 12.1 Å². The number of rotatable bonds is 5. The Morgan fingerprint density at radius 3 is 2.55 bits per heavy atom. The number of hydrogen-bond acceptors (Lipinski definition) is 4. The first kappa shape index (κ1) is 15.9. The Labute approximate surface area is 132 Å². The molecule has 6 heteroatoms. The van der Waals surface area contributed by atoms with Gasteiger partial charge in [-0.1, -0.05) is 43.2 Å². The summed E-state index contributed by atoms with van der Waals surface area (Å²) in [7, 11) is -3.87. The zero-order chi connectivity index (χ0) is 15.6. The van der Waals surface area contributed by atoms with Gasteiger partial charge in [0, 0.05) is 0 Å². The molecule has 2 atom stereocenters. The first-order valence-corrected chi connectivity index (χ1v) is 9.35. The Morgan fingerprint density at radius 1 is 1.23 bits per heavy atom. The molecule has 1 aliphatic heterocycles. The molecule has 22 heavy (non-hydrogen) atoms. The second-order valence-electron chi connectivity index (χ2n) is 6.41. The highest BCUT2D eigenvalue weighted by Crippen LogP contribution is 2.52. The molecule has 2 fully saturated rings. The van der Waals surface area contributed by atoms with Gasteiger partial charge in [-0.05, 0) is 37.2 Å². The van der Waals surface area contributed by atoms with Crippen LogP contribution in [-0.4, -0.2) is 20.6 Å². The summed E-state index contributed by atoms with van der Waals surface area (Å²) in [6, 6.07) is 10.2. The fourth-order valence-corrected chi connectivity index (χ4v) is 4.22. The van der Waals surface area contributed by atoms with Crippen molar-refractivity contribution in [2.75, 3.05) is 6.61 Å². The predicted octanol–water partition coefficient (Wildman–Crippen LogP) is 2.69. The van der Waals surface area contributed by atoms with Crippen molar-refractivity contribution in [2.24, 2.45) is 11.1 Å². The molecule has 1 aliphatic carbocycles. The molecule has 0 aromatic heterocycles. The van der Waals surface area contributed by atoms with Crippen molar-refractivity contribution in [3.05, 3.63) is 35.9 Å². The number of benzene rings is 1. The number of hydrogen-bond donors (Lipinski definition) is 1. The Balaban J connectivity index is 1.72. The Bertz CT molecular complexity index is 596. The number of nitrogens with two attached hydrogens (primary N) is 1. The average Bonchev–Trinajstić information content (AvgIpc) is 3.07. The summed E-state index contributed by atoms with van der Waals surface area (Å²) >= 11 is 0. The third-order valence-corrected chi connectivity index (χ3v) is 5.31. The molecule has 5 nitrogen and oxygen atoms in total. The van der Waals surface area contributed by atoms with Gasteiger partial charge in [0.05, 0.1) is 18.3 Å². The van der Waals surface area contributed by atoms with E-state index in [0.717, 1.165) is 24.8 Å². The molecule has 1 saturated heterocycles. The van der Waals surface area contributed by atoms with Crippen molar-refractivity contribution in [1.82, 2.24) is 0 Å². The summed E-state index contributed by atoms with van der Waals surface area (Å²) in [4.78, 5) is 0. The van der Waals surface area contributed by atoms with Crippen LogP contribution in [0.1, 0.15) is 50.2 Å². The maximum Gasteiger partial charge on any atom is 0.333 e. The first-order chi connectivity index (χ1) is 10.5. The lowest BCUT2D eigenvalue weighted by atomic mass is 9.86. The van der Waals surface area contributed by atoms with E-state index in [1.165, 1.54) is 12.8 Å². The van der Waals surface area contributed by atoms with Gasteiger partial charge in [0.15, 0.2) is 0 Å². The SMILES string of the molecule is NS(=O)(=O)OCC[C@@H]1CC2(CCCC2)O[C@H]1c1ccccc1. The zero-order valence-corrected chi connectivity index (χ0v) is 13.4. The van der Waals surface area contributed by atoms with Gasteiger partial charge in [0.25, 0.3) is 0 Å². The van der Waals surface area contributed by atoms with Crippen molar-refractivity contribution >= 4 is 10.3 Å². The van der Waals surface area contributed by atoms with Crippen molar-refractivity contribution in [1.29, 1.82) is 0 Å². The third kappa shape index (κ3) is 3.68. The molecule has 1 spiro atoms. The van der Waals surface area contributed by atoms with Crippen LogP contribution in [0.3, 0.4) is 0 Å². The molecule has 0 amide bonds. The molecular formula is C16H23NO4S. The minimum Gasteiger partial charge on any atom is -0.367 e. The van der Waals surface area contributed by atoms with Crippen molar-refractivity contribution in [2.45, 2.75) is 50.2 Å². The highest BCUT2D eigenvalue weighted by atomic mass is 32.2. The summed E-state index contributed by atoms with van der Waals surface area (Å²) in [6.07, 6.45) is 6.25. The summed E-state index contributed by atoms with van der Waals surface area (Å²) in [5.74, 6) is 0.266. The molecule has 1 aromatic rings. The van der Waals surface area contributed by atoms with Crippen LogP contribution in [0.2, 0.25) is 0 Å². The topological polar surface area (TPSA) is 78.6 Å². The lowest BCUT2D eigenvalue weighted by Crippen LogP contribution is -2.23. The van der Waals surface area contributed by atoms with Crippen molar-refractivity contribution in [3.63, 3.8) is 0 Å². The molecule has 0 radical (unpaired) electrons. The van der Waals surface area contributed by atoms with Crippen LogP contribution < -0.4 is 5.14 Å². The van der Waals surface area contributed by atoms with Gasteiger partial charge in [0.1, 0.15) is 0 Å². The largest absolute Gasteiger partial charge is 0.367 e. The molecule has 3 rings (SSSR count). The quantitative estimate of drug-likeness (QED) is 0.903. The highest BCUT2D eigenvalue weighted by molar-refractivity contribution is 7.84. The summed E-state index contributed by atoms with van der Waals surface area (Å²) < 4.78 is 33.0. The molecule has 2 aliphatic rings. The van der Waals surface area contributed by atoms with Gasteiger partial charge in [-0.3, -0.25) is 4.18 Å². The standard InChI is InChI=1S/C16H23NO4S/c17-22(18,19)20-11-8-14-12-16(9-4-5-10-16)21-15(14)13-6-2-1-3-7-13/h1-3,6-7,14-15H,4-5,8-12H2,(H2,17,18,19)/t14-,15+/m1/s1. The van der Waals surface area contributed by atoms with Crippen LogP contribution >= 0.6 is 0 Å². The second kappa shape index (κ2) is 6.28. The van der Waals surface area contributed by atoms with Gasteiger partial charge < -0.3 is 4.74 Å². The van der Waals surface area contributed by atoms with E-state index in [1.54, 1.807) is 0 Å². The van der Waals surface area contributed by atoms with E-state index < -0.39 is 10.3 Å². The Kier molecular flexibility index (Phi) is 4.54. The molecular weight excluding hydrogens is 302 g/mol. The Hall–Kier alpha value is -0.950. The molecule has 0 unspecified atom stereocenters. The van der Waals surface area contributed by atoms with E-state index in [0.29, 0.717) is 6.42 Å². The summed E-state index contributed by atoms with van der Waals surface area (Å²) in [5.41, 5.74) is 1.14. The Morgan fingerprint density at radius 2 is 1.91 bits per heavy atom. The van der Waals surface area contributed by atoms with Crippen LogP contribution in [0, 0.1) is 5.92 Å². The van der Waals surface area contributed by atoms with Gasteiger partial charge in [0.2, 0.25) is 0 Å². The van der Waals surface area contributed by atoms with E-state index >= 15 is 0 Å². The highest BCUT2D eigenvalue weighted by Gasteiger charge is 2.47. The van der Waals surface area contributed by atoms with E-state index in [9.17, 15) is 8.42 Å². The maximum atomic E-state index is 10.9. The fraction of sp³-hybridized carbons (Fsp3) is 0.625. The van der Waals surface area contributed by atoms with E-state index in [1.807, 2.05) is 18.2 Å². The lowest BCUT2D eigenvalue weighted by molar-refractivity contribution is -0.0428. The van der Waals surface area contributed by atoms with Gasteiger partial charge in [-0.2, -0.15) is 8.42 Å². The zero-order valence-electron chi connectivity index (χ0n) is 12.6. The monoisotopic (exact) mass is 325 g/mol. The van der Waals surface area contributed by atoms with Crippen LogP contribution in [0.5, 0.6) is 0 Å². The molecule has 2 N–H and O–H groups in total. The molecule has 1 aromatic carbocycles. The number of ether oxygens (including phenoxy) is 1. The summed E-state index contributed by atoms with van der Waals surface area (Å²) in [6.45, 7) is 0.117. The minimum atomic E-state index is -3.87. The molecule has 1 saturated carbocycles. The maximum absolute atomic E-state index is 10.9. The lowest BCUT2D eigenvalue weighted by Gasteiger charge is -2.23. The van der Waals surface area contributed by atoms with Crippen molar-refractivity contribution in [3.8, 4) is 0 Å². The van der Waals surface area contributed by atoms with Gasteiger partial charge in [-0.15, -0.1) is 0 Å². The predicted molar refractivity (Wildman–Crippen MR) is 83.3 cm³/mol. The van der Waals surface area contributed by atoms with Crippen LogP contribution in [0.25, 0.3) is 0 Å². The van der Waals surface area contributed by atoms with E-state index in [4.69, 9.17) is 14.1 Å². The van der Waals surface area contributed by atoms with Crippen LogP contribution in [0.4, 0.5) is 0 Å². The van der Waals surface area contributed by atoms with E-state index in [-0.39, 0.29) is 24.2 Å². The smallest absolute Gasteiger partial charge is 0.333 e. The molecule has 0 bridgehead atoms. The summed E-state index contributed by atoms with van der Waals surface area (Å²) in [5, 5.41) is 4.90. The molecule has 1 heterocycles.